The lowest BCUT2D eigenvalue weighted by atomic mass is 10.1. The molecule has 7 nitrogen and oxygen atoms in total. The highest BCUT2D eigenvalue weighted by molar-refractivity contribution is 7.92. The molecular formula is C14H19NO6S. The van der Waals surface area contributed by atoms with Crippen LogP contribution in [0.1, 0.15) is 31.1 Å². The van der Waals surface area contributed by atoms with Gasteiger partial charge in [-0.2, -0.15) is 0 Å². The van der Waals surface area contributed by atoms with Crippen molar-refractivity contribution in [3.05, 3.63) is 29.8 Å². The average Bonchev–Trinajstić information content (AvgIpc) is 2.44. The Balaban J connectivity index is 2.84. The Kier molecular flexibility index (Phi) is 5.31. The topological polar surface area (TPSA) is 121 Å². The molecule has 0 fully saturated rings. The van der Waals surface area contributed by atoms with Crippen molar-refractivity contribution in [3.63, 3.8) is 0 Å². The molecular weight excluding hydrogens is 310 g/mol. The fourth-order valence-corrected chi connectivity index (χ4v) is 2.56. The summed E-state index contributed by atoms with van der Waals surface area (Å²) in [4.78, 5) is 22.7. The van der Waals surface area contributed by atoms with Gasteiger partial charge in [0.15, 0.2) is 15.4 Å². The van der Waals surface area contributed by atoms with Crippen LogP contribution in [0, 0.1) is 0 Å². The number of sulfone groups is 1. The molecule has 0 aliphatic carbocycles. The van der Waals surface area contributed by atoms with Gasteiger partial charge >= 0.3 is 5.97 Å². The molecule has 1 atom stereocenters. The normalized spacial score (nSPS) is 14.4. The summed E-state index contributed by atoms with van der Waals surface area (Å²) in [7, 11) is -3.42. The fourth-order valence-electron chi connectivity index (χ4n) is 1.50. The first-order valence-corrected chi connectivity index (χ1v) is 8.11. The second-order valence-electron chi connectivity index (χ2n) is 5.38. The van der Waals surface area contributed by atoms with E-state index in [1.165, 1.54) is 24.3 Å². The molecule has 0 bridgehead atoms. The van der Waals surface area contributed by atoms with Crippen molar-refractivity contribution in [1.82, 2.24) is 5.32 Å². The lowest BCUT2D eigenvalue weighted by Crippen LogP contribution is -2.46. The number of carbonyl (C=O) groups excluding carboxylic acids is 1. The molecule has 0 aliphatic heterocycles. The number of amides is 1. The van der Waals surface area contributed by atoms with E-state index in [4.69, 9.17) is 5.11 Å². The van der Waals surface area contributed by atoms with E-state index < -0.39 is 39.1 Å². The molecule has 22 heavy (non-hydrogen) atoms. The van der Waals surface area contributed by atoms with Gasteiger partial charge in [0, 0.05) is 5.56 Å². The number of hydrogen-bond donors (Lipinski definition) is 3. The minimum Gasteiger partial charge on any atom is -0.479 e. The van der Waals surface area contributed by atoms with Crippen LogP contribution in [0.4, 0.5) is 0 Å². The average molecular weight is 329 g/mol. The Morgan fingerprint density at radius 1 is 1.23 bits per heavy atom. The molecule has 0 spiro atoms. The number of carboxylic acids is 1. The molecule has 1 aromatic rings. The third-order valence-electron chi connectivity index (χ3n) is 3.12. The highest BCUT2D eigenvalue weighted by Gasteiger charge is 2.30. The van der Waals surface area contributed by atoms with Gasteiger partial charge in [-0.05, 0) is 45.0 Å². The minimum atomic E-state index is -3.42. The predicted molar refractivity (Wildman–Crippen MR) is 79.4 cm³/mol. The molecule has 0 radical (unpaired) electrons. The Labute approximate surface area is 128 Å². The molecule has 1 amide bonds. The van der Waals surface area contributed by atoms with Crippen molar-refractivity contribution in [3.8, 4) is 0 Å². The number of carbonyl (C=O) groups is 2. The maximum absolute atomic E-state index is 11.9. The Morgan fingerprint density at radius 2 is 1.73 bits per heavy atom. The number of carboxylic acid groups (broad SMARTS) is 1. The van der Waals surface area contributed by atoms with Gasteiger partial charge in [-0.3, -0.25) is 4.79 Å². The second kappa shape index (κ2) is 6.45. The van der Waals surface area contributed by atoms with Gasteiger partial charge in [0.25, 0.3) is 5.91 Å². The number of benzene rings is 1. The molecule has 0 saturated carbocycles. The minimum absolute atomic E-state index is 0.108. The third kappa shape index (κ3) is 4.05. The van der Waals surface area contributed by atoms with Crippen LogP contribution in [0.25, 0.3) is 0 Å². The first-order valence-electron chi connectivity index (χ1n) is 6.56. The van der Waals surface area contributed by atoms with Crippen molar-refractivity contribution in [1.29, 1.82) is 0 Å². The van der Waals surface area contributed by atoms with Crippen molar-refractivity contribution in [2.24, 2.45) is 0 Å². The van der Waals surface area contributed by atoms with Crippen LogP contribution in [0.15, 0.2) is 29.2 Å². The highest BCUT2D eigenvalue weighted by atomic mass is 32.2. The summed E-state index contributed by atoms with van der Waals surface area (Å²) in [6.07, 6.45) is 0. The van der Waals surface area contributed by atoms with Crippen molar-refractivity contribution >= 4 is 21.7 Å². The molecule has 122 valence electrons. The van der Waals surface area contributed by atoms with E-state index >= 15 is 0 Å². The predicted octanol–water partition coefficient (Wildman–Crippen LogP) is 0.434. The van der Waals surface area contributed by atoms with E-state index in [9.17, 15) is 23.1 Å². The number of aliphatic hydroxyl groups is 1. The molecule has 1 aromatic carbocycles. The quantitative estimate of drug-likeness (QED) is 0.696. The molecule has 0 aliphatic rings. The van der Waals surface area contributed by atoms with Crippen LogP contribution < -0.4 is 5.32 Å². The van der Waals surface area contributed by atoms with Crippen LogP contribution >= 0.6 is 0 Å². The summed E-state index contributed by atoms with van der Waals surface area (Å²) in [6.45, 7) is 3.72. The summed E-state index contributed by atoms with van der Waals surface area (Å²) in [5.74, 6) is -2.05. The lowest BCUT2D eigenvalue weighted by molar-refractivity contribution is -0.155. The smallest absolute Gasteiger partial charge is 0.337 e. The monoisotopic (exact) mass is 329 g/mol. The molecule has 8 heteroatoms. The Hall–Kier alpha value is -1.93. The van der Waals surface area contributed by atoms with E-state index in [1.54, 1.807) is 13.8 Å². The lowest BCUT2D eigenvalue weighted by Gasteiger charge is -2.18. The van der Waals surface area contributed by atoms with E-state index in [2.05, 4.69) is 5.32 Å². The van der Waals surface area contributed by atoms with Crippen LogP contribution in [0.5, 0.6) is 0 Å². The molecule has 0 aromatic heterocycles. The summed E-state index contributed by atoms with van der Waals surface area (Å²) < 4.78 is 23.9. The summed E-state index contributed by atoms with van der Waals surface area (Å²) >= 11 is 0. The summed E-state index contributed by atoms with van der Waals surface area (Å²) in [5.41, 5.74) is -1.90. The largest absolute Gasteiger partial charge is 0.479 e. The maximum atomic E-state index is 11.9. The molecule has 3 N–H and O–H groups in total. The van der Waals surface area contributed by atoms with Gasteiger partial charge in [-0.1, -0.05) is 0 Å². The highest BCUT2D eigenvalue weighted by Crippen LogP contribution is 2.16. The fraction of sp³-hybridized carbons (Fsp3) is 0.429. The zero-order chi connectivity index (χ0) is 17.1. The zero-order valence-electron chi connectivity index (χ0n) is 12.5. The first kappa shape index (κ1) is 18.1. The van der Waals surface area contributed by atoms with E-state index in [0.29, 0.717) is 0 Å². The molecule has 0 heterocycles. The second-order valence-corrected chi connectivity index (χ2v) is 7.88. The van der Waals surface area contributed by atoms with Gasteiger partial charge in [-0.15, -0.1) is 0 Å². The molecule has 1 rings (SSSR count). The number of nitrogens with one attached hydrogen (secondary N) is 1. The van der Waals surface area contributed by atoms with Crippen molar-refractivity contribution < 1.29 is 28.2 Å². The van der Waals surface area contributed by atoms with E-state index in [-0.39, 0.29) is 10.5 Å². The van der Waals surface area contributed by atoms with Gasteiger partial charge in [0.1, 0.15) is 0 Å². The molecule has 0 saturated heterocycles. The van der Waals surface area contributed by atoms with Crippen LogP contribution in [0.3, 0.4) is 0 Å². The van der Waals surface area contributed by atoms with E-state index in [0.717, 1.165) is 6.92 Å². The van der Waals surface area contributed by atoms with Crippen LogP contribution in [0.2, 0.25) is 0 Å². The zero-order valence-corrected chi connectivity index (χ0v) is 13.3. The van der Waals surface area contributed by atoms with Gasteiger partial charge in [-0.25, -0.2) is 13.2 Å². The summed E-state index contributed by atoms with van der Waals surface area (Å²) in [6, 6.07) is 5.30. The first-order chi connectivity index (χ1) is 9.98. The number of rotatable bonds is 6. The SMILES string of the molecule is CC(C)S(=O)(=O)c1ccc(C(=O)NCC(C)(O)C(=O)O)cc1. The van der Waals surface area contributed by atoms with Crippen LogP contribution in [-0.2, 0) is 14.6 Å². The standard InChI is InChI=1S/C14H19NO6S/c1-9(2)22(20,21)11-6-4-10(5-7-11)12(16)15-8-14(3,19)13(17)18/h4-7,9,19H,8H2,1-3H3,(H,15,16)(H,17,18). The van der Waals surface area contributed by atoms with Gasteiger partial charge in [0.05, 0.1) is 16.7 Å². The number of aliphatic carboxylic acids is 1. The Morgan fingerprint density at radius 3 is 2.14 bits per heavy atom. The van der Waals surface area contributed by atoms with Gasteiger partial charge in [0.2, 0.25) is 0 Å². The van der Waals surface area contributed by atoms with E-state index in [1.807, 2.05) is 0 Å². The number of hydrogen-bond acceptors (Lipinski definition) is 5. The maximum Gasteiger partial charge on any atom is 0.337 e. The van der Waals surface area contributed by atoms with Crippen molar-refractivity contribution in [2.75, 3.05) is 6.54 Å². The summed E-state index contributed by atoms with van der Waals surface area (Å²) in [5, 5.41) is 20.0. The molecule has 1 unspecified atom stereocenters. The van der Waals surface area contributed by atoms with Crippen molar-refractivity contribution in [2.45, 2.75) is 36.5 Å². The Bertz CT molecular complexity index is 661. The third-order valence-corrected chi connectivity index (χ3v) is 5.29. The van der Waals surface area contributed by atoms with Gasteiger partial charge < -0.3 is 15.5 Å². The van der Waals surface area contributed by atoms with Crippen LogP contribution in [-0.4, -0.2) is 47.9 Å².